The minimum atomic E-state index is 0.819. The molecular formula is C9H11N. The van der Waals surface area contributed by atoms with Crippen molar-refractivity contribution in [1.82, 2.24) is 0 Å². The molecule has 0 unspecified atom stereocenters. The second-order valence-corrected chi connectivity index (χ2v) is 2.46. The summed E-state index contributed by atoms with van der Waals surface area (Å²) in [6.45, 7) is 0. The van der Waals surface area contributed by atoms with Gasteiger partial charge in [0.1, 0.15) is 0 Å². The topological polar surface area (TPSA) is 23.8 Å². The Labute approximate surface area is 61.7 Å². The molecule has 0 aromatic heterocycles. The molecule has 0 aromatic carbocycles. The van der Waals surface area contributed by atoms with Crippen molar-refractivity contribution in [2.75, 3.05) is 0 Å². The third kappa shape index (κ3) is 2.06. The first-order valence-electron chi connectivity index (χ1n) is 3.70. The van der Waals surface area contributed by atoms with E-state index in [1.54, 1.807) is 0 Å². The predicted molar refractivity (Wildman–Crippen MR) is 41.3 cm³/mol. The third-order valence-corrected chi connectivity index (χ3v) is 1.62. The number of rotatable bonds is 0. The molecule has 0 spiro atoms. The molecular weight excluding hydrogens is 122 g/mol. The number of hydrogen-bond donors (Lipinski definition) is 0. The molecule has 1 nitrogen and oxygen atoms in total. The van der Waals surface area contributed by atoms with Crippen molar-refractivity contribution in [3.63, 3.8) is 0 Å². The first-order valence-corrected chi connectivity index (χ1v) is 3.70. The van der Waals surface area contributed by atoms with Gasteiger partial charge in [0, 0.05) is 5.57 Å². The molecule has 0 N–H and O–H groups in total. The molecule has 0 saturated carbocycles. The molecule has 1 aliphatic rings. The van der Waals surface area contributed by atoms with Gasteiger partial charge in [0.25, 0.3) is 0 Å². The van der Waals surface area contributed by atoms with Crippen LogP contribution in [0.3, 0.4) is 0 Å². The van der Waals surface area contributed by atoms with Crippen LogP contribution in [0.1, 0.15) is 25.7 Å². The highest BCUT2D eigenvalue weighted by Crippen LogP contribution is 2.09. The van der Waals surface area contributed by atoms with Gasteiger partial charge in [-0.25, -0.2) is 0 Å². The van der Waals surface area contributed by atoms with Gasteiger partial charge in [0.05, 0.1) is 6.07 Å². The van der Waals surface area contributed by atoms with Gasteiger partial charge in [-0.2, -0.15) is 5.26 Å². The van der Waals surface area contributed by atoms with Crippen LogP contribution in [0.5, 0.6) is 0 Å². The predicted octanol–water partition coefficient (Wildman–Crippen LogP) is 2.57. The quantitative estimate of drug-likeness (QED) is 0.498. The lowest BCUT2D eigenvalue weighted by molar-refractivity contribution is 0.756. The largest absolute Gasteiger partial charge is 0.192 e. The van der Waals surface area contributed by atoms with Crippen molar-refractivity contribution in [1.29, 1.82) is 5.26 Å². The van der Waals surface area contributed by atoms with E-state index in [4.69, 9.17) is 5.26 Å². The van der Waals surface area contributed by atoms with Crippen molar-refractivity contribution in [2.24, 2.45) is 0 Å². The molecule has 0 atom stereocenters. The summed E-state index contributed by atoms with van der Waals surface area (Å²) in [6, 6.07) is 2.15. The van der Waals surface area contributed by atoms with Crippen LogP contribution in [0.2, 0.25) is 0 Å². The first-order chi connectivity index (χ1) is 4.93. The summed E-state index contributed by atoms with van der Waals surface area (Å²) in [5.41, 5.74) is 0.819. The van der Waals surface area contributed by atoms with E-state index in [-0.39, 0.29) is 0 Å². The van der Waals surface area contributed by atoms with E-state index in [0.29, 0.717) is 0 Å². The van der Waals surface area contributed by atoms with Crippen LogP contribution in [0, 0.1) is 11.3 Å². The molecule has 0 aromatic rings. The minimum absolute atomic E-state index is 0.819. The van der Waals surface area contributed by atoms with Crippen LogP contribution >= 0.6 is 0 Å². The Morgan fingerprint density at radius 1 is 1.30 bits per heavy atom. The van der Waals surface area contributed by atoms with Gasteiger partial charge in [-0.1, -0.05) is 12.2 Å². The normalized spacial score (nSPS) is 26.9. The molecule has 0 amide bonds. The highest BCUT2D eigenvalue weighted by molar-refractivity contribution is 5.32. The van der Waals surface area contributed by atoms with E-state index in [1.165, 1.54) is 12.8 Å². The molecule has 10 heavy (non-hydrogen) atoms. The van der Waals surface area contributed by atoms with E-state index in [9.17, 15) is 0 Å². The van der Waals surface area contributed by atoms with E-state index in [0.717, 1.165) is 18.4 Å². The number of hydrogen-bond acceptors (Lipinski definition) is 1. The SMILES string of the molecule is N#CC1=C/CCCC/C=C\1. The Bertz CT molecular complexity index is 193. The lowest BCUT2D eigenvalue weighted by Crippen LogP contribution is -1.80. The molecule has 1 aliphatic carbocycles. The van der Waals surface area contributed by atoms with Crippen molar-refractivity contribution in [3.05, 3.63) is 23.8 Å². The summed E-state index contributed by atoms with van der Waals surface area (Å²) in [4.78, 5) is 0. The van der Waals surface area contributed by atoms with E-state index in [2.05, 4.69) is 12.1 Å². The molecule has 0 heterocycles. The maximum absolute atomic E-state index is 8.54. The van der Waals surface area contributed by atoms with Gasteiger partial charge in [0.15, 0.2) is 0 Å². The number of allylic oxidation sites excluding steroid dienone is 4. The third-order valence-electron chi connectivity index (χ3n) is 1.62. The van der Waals surface area contributed by atoms with Crippen LogP contribution in [0.25, 0.3) is 0 Å². The van der Waals surface area contributed by atoms with Crippen LogP contribution in [-0.2, 0) is 0 Å². The van der Waals surface area contributed by atoms with Gasteiger partial charge < -0.3 is 0 Å². The Kier molecular flexibility index (Phi) is 2.76. The average molecular weight is 133 g/mol. The lowest BCUT2D eigenvalue weighted by Gasteiger charge is -1.97. The summed E-state index contributed by atoms with van der Waals surface area (Å²) in [5, 5.41) is 8.54. The summed E-state index contributed by atoms with van der Waals surface area (Å²) in [7, 11) is 0. The monoisotopic (exact) mass is 133 g/mol. The van der Waals surface area contributed by atoms with Crippen molar-refractivity contribution in [2.45, 2.75) is 25.7 Å². The fourth-order valence-electron chi connectivity index (χ4n) is 1.03. The highest BCUT2D eigenvalue weighted by atomic mass is 14.2. The van der Waals surface area contributed by atoms with Crippen molar-refractivity contribution < 1.29 is 0 Å². The molecule has 0 bridgehead atoms. The number of nitrogens with zero attached hydrogens (tertiary/aromatic N) is 1. The standard InChI is InChI=1S/C9H11N/c10-8-9-6-4-2-1-3-5-7-9/h4,6-7H,1-3,5H2/b6-4-,9-7+. The van der Waals surface area contributed by atoms with Gasteiger partial charge in [-0.15, -0.1) is 0 Å². The fraction of sp³-hybridized carbons (Fsp3) is 0.444. The van der Waals surface area contributed by atoms with E-state index >= 15 is 0 Å². The smallest absolute Gasteiger partial charge is 0.0988 e. The van der Waals surface area contributed by atoms with Gasteiger partial charge >= 0.3 is 0 Å². The van der Waals surface area contributed by atoms with E-state index < -0.39 is 0 Å². The molecule has 0 fully saturated rings. The first kappa shape index (κ1) is 7.08. The lowest BCUT2D eigenvalue weighted by atomic mass is 10.1. The van der Waals surface area contributed by atoms with Crippen LogP contribution in [-0.4, -0.2) is 0 Å². The van der Waals surface area contributed by atoms with Crippen LogP contribution in [0.4, 0.5) is 0 Å². The zero-order valence-corrected chi connectivity index (χ0v) is 6.01. The van der Waals surface area contributed by atoms with Crippen molar-refractivity contribution in [3.8, 4) is 6.07 Å². The van der Waals surface area contributed by atoms with Crippen LogP contribution in [0.15, 0.2) is 23.8 Å². The molecule has 1 heteroatoms. The zero-order chi connectivity index (χ0) is 7.23. The second-order valence-electron chi connectivity index (χ2n) is 2.46. The molecule has 0 radical (unpaired) electrons. The maximum Gasteiger partial charge on any atom is 0.0988 e. The van der Waals surface area contributed by atoms with Gasteiger partial charge in [-0.05, 0) is 31.8 Å². The van der Waals surface area contributed by atoms with E-state index in [1.807, 2.05) is 12.2 Å². The molecule has 0 aliphatic heterocycles. The maximum atomic E-state index is 8.54. The second kappa shape index (κ2) is 3.90. The summed E-state index contributed by atoms with van der Waals surface area (Å²) < 4.78 is 0. The summed E-state index contributed by atoms with van der Waals surface area (Å²) in [5.74, 6) is 0. The Hall–Kier alpha value is -1.03. The zero-order valence-electron chi connectivity index (χ0n) is 6.01. The molecule has 1 rings (SSSR count). The van der Waals surface area contributed by atoms with Gasteiger partial charge in [-0.3, -0.25) is 0 Å². The minimum Gasteiger partial charge on any atom is -0.192 e. The Morgan fingerprint density at radius 2 is 2.10 bits per heavy atom. The van der Waals surface area contributed by atoms with Gasteiger partial charge in [0.2, 0.25) is 0 Å². The average Bonchev–Trinajstić information content (AvgIpc) is 1.87. The number of nitriles is 1. The Morgan fingerprint density at radius 3 is 2.90 bits per heavy atom. The summed E-state index contributed by atoms with van der Waals surface area (Å²) >= 11 is 0. The molecule has 0 saturated heterocycles. The summed E-state index contributed by atoms with van der Waals surface area (Å²) in [6.07, 6.45) is 10.7. The Balaban J connectivity index is 2.61. The fourth-order valence-corrected chi connectivity index (χ4v) is 1.03. The van der Waals surface area contributed by atoms with Crippen LogP contribution < -0.4 is 0 Å². The highest BCUT2D eigenvalue weighted by Gasteiger charge is 1.92. The molecule has 52 valence electrons. The van der Waals surface area contributed by atoms with Crippen molar-refractivity contribution >= 4 is 0 Å².